The van der Waals surface area contributed by atoms with Gasteiger partial charge >= 0.3 is 0 Å². The quantitative estimate of drug-likeness (QED) is 0.102. The lowest BCUT2D eigenvalue weighted by atomic mass is 9.90. The molecule has 0 aliphatic rings. The molecule has 6 nitrogen and oxygen atoms in total. The molecule has 0 amide bonds. The largest absolute Gasteiger partial charge is 0.456 e. The fourth-order valence-electron chi connectivity index (χ4n) is 20.0. The van der Waals surface area contributed by atoms with E-state index in [1.54, 1.807) is 0 Å². The summed E-state index contributed by atoms with van der Waals surface area (Å²) in [6, 6.07) is 186. The molecule has 27 aromatic rings. The molecule has 0 saturated carbocycles. The molecule has 141 heavy (non-hydrogen) atoms. The van der Waals surface area contributed by atoms with Crippen molar-refractivity contribution in [3.05, 3.63) is 528 Å². The van der Waals surface area contributed by atoms with Gasteiger partial charge < -0.3 is 13.3 Å². The Labute approximate surface area is 816 Å². The fraction of sp³-hybridized carbons (Fsp3) is 0. The monoisotopic (exact) mass is 1800 g/mol. The zero-order chi connectivity index (χ0) is 93.5. The third kappa shape index (κ3) is 16.8. The minimum atomic E-state index is 0.905. The average molecular weight is 1800 g/mol. The van der Waals surface area contributed by atoms with Gasteiger partial charge in [0.2, 0.25) is 0 Å². The molecular weight excluding hydrogens is 1710 g/mol. The summed E-state index contributed by atoms with van der Waals surface area (Å²) in [6.45, 7) is 0. The molecule has 0 fully saturated rings. The van der Waals surface area contributed by atoms with Crippen LogP contribution in [0.5, 0.6) is 0 Å². The number of aromatic nitrogens is 3. The molecule has 27 rings (SSSR count). The second-order valence-corrected chi connectivity index (χ2v) is 36.0. The molecule has 0 aliphatic carbocycles. The van der Waals surface area contributed by atoms with Crippen LogP contribution in [0.3, 0.4) is 0 Å². The molecule has 0 N–H and O–H groups in total. The number of pyridine rings is 3. The minimum absolute atomic E-state index is 0.905. The molecule has 0 saturated heterocycles. The molecule has 0 unspecified atom stereocenters. The van der Waals surface area contributed by atoms with E-state index >= 15 is 0 Å². The third-order valence-corrected chi connectivity index (χ3v) is 27.2. The Morgan fingerprint density at radius 3 is 0.851 bits per heavy atom. The number of fused-ring (bicyclic) bond motifs is 13. The first-order chi connectivity index (χ1) is 69.8. The van der Waals surface area contributed by atoms with Gasteiger partial charge in [-0.1, -0.05) is 419 Å². The molecular formula is C135H87N3O3. The summed E-state index contributed by atoms with van der Waals surface area (Å²) < 4.78 is 18.5. The van der Waals surface area contributed by atoms with Crippen molar-refractivity contribution in [1.29, 1.82) is 0 Å². The summed E-state index contributed by atoms with van der Waals surface area (Å²) in [5, 5.41) is 14.2. The number of benzene rings is 21. The lowest BCUT2D eigenvalue weighted by Gasteiger charge is -2.15. The van der Waals surface area contributed by atoms with E-state index in [1.165, 1.54) is 104 Å². The second-order valence-electron chi connectivity index (χ2n) is 36.0. The summed E-state index contributed by atoms with van der Waals surface area (Å²) >= 11 is 0. The van der Waals surface area contributed by atoms with Gasteiger partial charge in [-0.3, -0.25) is 0 Å². The van der Waals surface area contributed by atoms with E-state index in [-0.39, 0.29) is 0 Å². The van der Waals surface area contributed by atoms with Crippen LogP contribution < -0.4 is 0 Å². The van der Waals surface area contributed by atoms with Crippen LogP contribution in [0, 0.1) is 0 Å². The van der Waals surface area contributed by atoms with Gasteiger partial charge in [0, 0.05) is 65.7 Å². The maximum atomic E-state index is 6.35. The first-order valence-corrected chi connectivity index (χ1v) is 47.9. The lowest BCUT2D eigenvalue weighted by Crippen LogP contribution is -1.92. The van der Waals surface area contributed by atoms with Gasteiger partial charge in [-0.05, 0) is 242 Å². The van der Waals surface area contributed by atoms with E-state index in [1.807, 2.05) is 60.7 Å². The Bertz CT molecular complexity index is 9250. The Morgan fingerprint density at radius 2 is 0.383 bits per heavy atom. The Balaban J connectivity index is 0.000000111. The number of para-hydroxylation sites is 2. The van der Waals surface area contributed by atoms with Crippen LogP contribution in [0.4, 0.5) is 0 Å². The summed E-state index contributed by atoms with van der Waals surface area (Å²) in [4.78, 5) is 15.3. The maximum Gasteiger partial charge on any atom is 0.136 e. The van der Waals surface area contributed by atoms with E-state index in [4.69, 9.17) is 28.2 Å². The molecule has 0 bridgehead atoms. The van der Waals surface area contributed by atoms with Crippen LogP contribution in [0.2, 0.25) is 0 Å². The van der Waals surface area contributed by atoms with E-state index in [0.29, 0.717) is 0 Å². The minimum Gasteiger partial charge on any atom is -0.456 e. The zero-order valence-corrected chi connectivity index (χ0v) is 76.8. The summed E-state index contributed by atoms with van der Waals surface area (Å²) in [5.41, 5.74) is 39.0. The van der Waals surface area contributed by atoms with E-state index < -0.39 is 0 Å². The predicted octanol–water partition coefficient (Wildman–Crippen LogP) is 37.4. The van der Waals surface area contributed by atoms with Gasteiger partial charge in [-0.2, -0.15) is 0 Å². The van der Waals surface area contributed by atoms with Gasteiger partial charge in [0.05, 0.1) is 34.2 Å². The molecule has 21 aromatic carbocycles. The smallest absolute Gasteiger partial charge is 0.136 e. The first-order valence-electron chi connectivity index (χ1n) is 47.9. The van der Waals surface area contributed by atoms with E-state index in [2.05, 4.69) is 467 Å². The van der Waals surface area contributed by atoms with Crippen molar-refractivity contribution in [3.63, 3.8) is 0 Å². The Kier molecular flexibility index (Phi) is 21.9. The highest BCUT2D eigenvalue weighted by molar-refractivity contribution is 6.19. The van der Waals surface area contributed by atoms with Crippen LogP contribution in [-0.4, -0.2) is 15.0 Å². The van der Waals surface area contributed by atoms with Crippen LogP contribution in [-0.2, 0) is 0 Å². The predicted molar refractivity (Wildman–Crippen MR) is 589 cm³/mol. The van der Waals surface area contributed by atoms with Gasteiger partial charge in [0.15, 0.2) is 0 Å². The molecule has 0 radical (unpaired) electrons. The Morgan fingerprint density at radius 1 is 0.113 bits per heavy atom. The summed E-state index contributed by atoms with van der Waals surface area (Å²) in [7, 11) is 0. The van der Waals surface area contributed by atoms with Gasteiger partial charge in [-0.25, -0.2) is 15.0 Å². The number of nitrogens with zero attached hydrogens (tertiary/aromatic N) is 3. The molecule has 6 aromatic heterocycles. The van der Waals surface area contributed by atoms with Gasteiger partial charge in [0.1, 0.15) is 33.5 Å². The SMILES string of the molecule is c1ccc(-c2cc(-c3ccc(-c4ccc(-c5ccc6oc7ccccc7c6c5)cc4)c4ccccc34)cc(-c3ccccc3)n2)cc1.c1ccc(-c2cc(-c3ccc4cc(-c5cccc(-c6ccc7oc8ccccc8c7c6)c5)ccc4c3)cc(-c3ccccc3)n2)cc1.c1ccc(-c2ccc(-c3cc(-c4ccc(-c5ccc6c(c5)oc5ccc7ccccc7c56)cc4)cc(-c4ccccc4)n3)cc2)cc1. The van der Waals surface area contributed by atoms with E-state index in [0.717, 1.165) is 161 Å². The average Bonchev–Trinajstić information content (AvgIpc) is 1.39. The van der Waals surface area contributed by atoms with Crippen molar-refractivity contribution in [1.82, 2.24) is 15.0 Å². The molecule has 0 spiro atoms. The van der Waals surface area contributed by atoms with Crippen molar-refractivity contribution >= 4 is 98.1 Å². The summed E-state index contributed by atoms with van der Waals surface area (Å²) in [6.07, 6.45) is 0. The fourth-order valence-corrected chi connectivity index (χ4v) is 20.0. The van der Waals surface area contributed by atoms with Crippen LogP contribution in [0.1, 0.15) is 0 Å². The topological polar surface area (TPSA) is 78.1 Å². The number of hydrogen-bond acceptors (Lipinski definition) is 6. The normalized spacial score (nSPS) is 11.4. The van der Waals surface area contributed by atoms with Crippen molar-refractivity contribution in [3.8, 4) is 168 Å². The van der Waals surface area contributed by atoms with Crippen molar-refractivity contribution < 1.29 is 13.3 Å². The number of furan rings is 3. The highest BCUT2D eigenvalue weighted by Gasteiger charge is 2.21. The molecule has 0 aliphatic heterocycles. The van der Waals surface area contributed by atoms with Crippen molar-refractivity contribution in [2.45, 2.75) is 0 Å². The maximum absolute atomic E-state index is 6.35. The lowest BCUT2D eigenvalue weighted by molar-refractivity contribution is 0.668. The standard InChI is InChI=1S/3C45H29NO/c1-3-11-32(12-4-1)42-28-35(29-43(46-42)33-13-5-2-6-14-33)37-25-24-36(38-15-7-8-16-39(37)38)31-21-19-30(20-22-31)34-23-26-45-41(27-34)40-17-9-10-18-44(40)47-45;1-3-10-30(11-4-1)42-28-39(29-43(46-42)31-12-5-2-6-13-31)37-21-20-35-25-34(18-19-36(35)26-37)32-14-9-15-33(24-32)38-22-23-45-41(27-38)40-16-7-8-17-44(40)47-45;1-3-9-30(10-4-1)31-19-21-36(22-20-31)42-28-38(27-41(46-42)35-12-5-2-6-13-35)33-17-15-32(16-18-33)37-23-25-40-44(29-37)47-43-26-24-34-11-7-8-14-39(34)45(40)43/h3*1-29H. The van der Waals surface area contributed by atoms with Crippen LogP contribution in [0.15, 0.2) is 541 Å². The molecule has 6 heterocycles. The van der Waals surface area contributed by atoms with Crippen molar-refractivity contribution in [2.24, 2.45) is 0 Å². The highest BCUT2D eigenvalue weighted by Crippen LogP contribution is 2.45. The number of rotatable bonds is 15. The first kappa shape index (κ1) is 84.0. The summed E-state index contributed by atoms with van der Waals surface area (Å²) in [5.74, 6) is 0. The van der Waals surface area contributed by atoms with Crippen LogP contribution in [0.25, 0.3) is 266 Å². The molecule has 6 heteroatoms. The molecule has 0 atom stereocenters. The van der Waals surface area contributed by atoms with Crippen molar-refractivity contribution in [2.75, 3.05) is 0 Å². The number of hydrogen-bond donors (Lipinski definition) is 0. The third-order valence-electron chi connectivity index (χ3n) is 27.2. The van der Waals surface area contributed by atoms with Gasteiger partial charge in [-0.15, -0.1) is 0 Å². The van der Waals surface area contributed by atoms with Crippen LogP contribution >= 0.6 is 0 Å². The zero-order valence-electron chi connectivity index (χ0n) is 76.8. The van der Waals surface area contributed by atoms with E-state index in [9.17, 15) is 0 Å². The second kappa shape index (κ2) is 36.8. The Hall–Kier alpha value is -18.8. The highest BCUT2D eigenvalue weighted by atomic mass is 16.3. The van der Waals surface area contributed by atoms with Gasteiger partial charge in [0.25, 0.3) is 0 Å². The molecule has 660 valence electrons.